The third-order valence-corrected chi connectivity index (χ3v) is 6.71. The van der Waals surface area contributed by atoms with Gasteiger partial charge in [-0.3, -0.25) is 0 Å². The van der Waals surface area contributed by atoms with Crippen molar-refractivity contribution in [1.29, 1.82) is 0 Å². The van der Waals surface area contributed by atoms with Crippen LogP contribution < -0.4 is 10.5 Å². The highest BCUT2D eigenvalue weighted by Crippen LogP contribution is 2.34. The Kier molecular flexibility index (Phi) is 6.07. The summed E-state index contributed by atoms with van der Waals surface area (Å²) >= 11 is 0. The molecule has 1 aromatic rings. The van der Waals surface area contributed by atoms with Crippen molar-refractivity contribution >= 4 is 22.4 Å². The maximum Gasteiger partial charge on any atom is 0.241 e. The van der Waals surface area contributed by atoms with Gasteiger partial charge in [-0.25, -0.2) is 13.1 Å². The SMILES string of the molecule is Cc1c(C)c(C)c(S(=O)(=O)NC(CN)C2CC2)c(C)c1C.Cl. The fourth-order valence-corrected chi connectivity index (χ4v) is 4.88. The Labute approximate surface area is 140 Å². The van der Waals surface area contributed by atoms with Gasteiger partial charge in [0.2, 0.25) is 10.0 Å². The van der Waals surface area contributed by atoms with Gasteiger partial charge in [-0.05, 0) is 81.2 Å². The van der Waals surface area contributed by atoms with Crippen LogP contribution in [0.15, 0.2) is 4.90 Å². The van der Waals surface area contributed by atoms with E-state index in [1.54, 1.807) is 0 Å². The van der Waals surface area contributed by atoms with E-state index in [0.717, 1.165) is 35.1 Å². The second kappa shape index (κ2) is 6.87. The highest BCUT2D eigenvalue weighted by Gasteiger charge is 2.34. The van der Waals surface area contributed by atoms with Crippen LogP contribution >= 0.6 is 12.4 Å². The van der Waals surface area contributed by atoms with Crippen molar-refractivity contribution in [1.82, 2.24) is 4.72 Å². The minimum absolute atomic E-state index is 0. The lowest BCUT2D eigenvalue weighted by Crippen LogP contribution is -2.42. The molecule has 4 nitrogen and oxygen atoms in total. The molecule has 0 spiro atoms. The average molecular weight is 347 g/mol. The third kappa shape index (κ3) is 3.48. The molecule has 3 N–H and O–H groups in total. The van der Waals surface area contributed by atoms with Crippen LogP contribution in [0.1, 0.15) is 40.7 Å². The molecular formula is C16H27ClN2O2S. The molecule has 1 atom stereocenters. The number of rotatable bonds is 5. The smallest absolute Gasteiger partial charge is 0.241 e. The van der Waals surface area contributed by atoms with Gasteiger partial charge in [0.1, 0.15) is 0 Å². The quantitative estimate of drug-likeness (QED) is 0.860. The molecule has 1 aliphatic rings. The molecule has 0 radical (unpaired) electrons. The van der Waals surface area contributed by atoms with Crippen LogP contribution in [0.25, 0.3) is 0 Å². The third-order valence-electron chi connectivity index (χ3n) is 4.95. The Bertz CT molecular complexity index is 638. The van der Waals surface area contributed by atoms with Gasteiger partial charge in [0.05, 0.1) is 4.90 Å². The Hall–Kier alpha value is -0.620. The molecule has 1 fully saturated rings. The minimum atomic E-state index is -3.53. The predicted molar refractivity (Wildman–Crippen MR) is 93.3 cm³/mol. The first-order valence-electron chi connectivity index (χ1n) is 7.50. The topological polar surface area (TPSA) is 72.2 Å². The van der Waals surface area contributed by atoms with Gasteiger partial charge in [0.15, 0.2) is 0 Å². The van der Waals surface area contributed by atoms with E-state index in [1.165, 1.54) is 5.56 Å². The Morgan fingerprint density at radius 1 is 1.00 bits per heavy atom. The number of benzene rings is 1. The summed E-state index contributed by atoms with van der Waals surface area (Å²) in [5.41, 5.74) is 10.7. The summed E-state index contributed by atoms with van der Waals surface area (Å²) in [4.78, 5) is 0.433. The van der Waals surface area contributed by atoms with Crippen LogP contribution in [0.2, 0.25) is 0 Å². The van der Waals surface area contributed by atoms with Crippen LogP contribution in [0.5, 0.6) is 0 Å². The highest BCUT2D eigenvalue weighted by atomic mass is 35.5. The maximum absolute atomic E-state index is 12.8. The number of nitrogens with two attached hydrogens (primary N) is 1. The maximum atomic E-state index is 12.8. The molecule has 0 aromatic heterocycles. The van der Waals surface area contributed by atoms with E-state index < -0.39 is 10.0 Å². The number of sulfonamides is 1. The van der Waals surface area contributed by atoms with Crippen molar-refractivity contribution in [3.63, 3.8) is 0 Å². The zero-order valence-electron chi connectivity index (χ0n) is 14.0. The van der Waals surface area contributed by atoms with Crippen molar-refractivity contribution in [2.75, 3.05) is 6.54 Å². The first kappa shape index (κ1) is 19.4. The fraction of sp³-hybridized carbons (Fsp3) is 0.625. The second-order valence-electron chi connectivity index (χ2n) is 6.26. The van der Waals surface area contributed by atoms with Gasteiger partial charge in [0, 0.05) is 12.6 Å². The van der Waals surface area contributed by atoms with Gasteiger partial charge in [-0.2, -0.15) is 0 Å². The summed E-state index contributed by atoms with van der Waals surface area (Å²) in [7, 11) is -3.53. The van der Waals surface area contributed by atoms with Crippen LogP contribution in [-0.2, 0) is 10.0 Å². The Morgan fingerprint density at radius 3 is 1.77 bits per heavy atom. The largest absolute Gasteiger partial charge is 0.329 e. The number of halogens is 1. The summed E-state index contributed by atoms with van der Waals surface area (Å²) in [5, 5.41) is 0. The van der Waals surface area contributed by atoms with Crippen molar-refractivity contribution in [3.8, 4) is 0 Å². The van der Waals surface area contributed by atoms with Crippen LogP contribution in [0.3, 0.4) is 0 Å². The molecule has 1 saturated carbocycles. The van der Waals surface area contributed by atoms with Crippen molar-refractivity contribution in [3.05, 3.63) is 27.8 Å². The highest BCUT2D eigenvalue weighted by molar-refractivity contribution is 7.89. The summed E-state index contributed by atoms with van der Waals surface area (Å²) in [6.07, 6.45) is 2.13. The van der Waals surface area contributed by atoms with E-state index in [2.05, 4.69) is 4.72 Å². The van der Waals surface area contributed by atoms with E-state index in [0.29, 0.717) is 17.4 Å². The molecule has 0 aliphatic heterocycles. The number of hydrogen-bond donors (Lipinski definition) is 2. The molecular weight excluding hydrogens is 320 g/mol. The van der Waals surface area contributed by atoms with Crippen molar-refractivity contribution < 1.29 is 8.42 Å². The minimum Gasteiger partial charge on any atom is -0.329 e. The van der Waals surface area contributed by atoms with E-state index in [4.69, 9.17) is 5.73 Å². The van der Waals surface area contributed by atoms with E-state index in [9.17, 15) is 8.42 Å². The molecule has 0 saturated heterocycles. The molecule has 126 valence electrons. The van der Waals surface area contributed by atoms with E-state index in [-0.39, 0.29) is 18.4 Å². The molecule has 1 unspecified atom stereocenters. The van der Waals surface area contributed by atoms with Crippen LogP contribution in [0, 0.1) is 40.5 Å². The average Bonchev–Trinajstić information content (AvgIpc) is 3.24. The lowest BCUT2D eigenvalue weighted by atomic mass is 9.95. The van der Waals surface area contributed by atoms with E-state index in [1.807, 2.05) is 34.6 Å². The number of nitrogens with one attached hydrogen (secondary N) is 1. The Balaban J connectivity index is 0.00000242. The van der Waals surface area contributed by atoms with Gasteiger partial charge in [-0.1, -0.05) is 0 Å². The van der Waals surface area contributed by atoms with Gasteiger partial charge >= 0.3 is 0 Å². The zero-order chi connectivity index (χ0) is 15.9. The monoisotopic (exact) mass is 346 g/mol. The summed E-state index contributed by atoms with van der Waals surface area (Å²) < 4.78 is 28.5. The molecule has 0 amide bonds. The molecule has 0 bridgehead atoms. The first-order valence-corrected chi connectivity index (χ1v) is 8.98. The van der Waals surface area contributed by atoms with E-state index >= 15 is 0 Å². The lowest BCUT2D eigenvalue weighted by molar-refractivity contribution is 0.518. The first-order chi connectivity index (χ1) is 9.70. The summed E-state index contributed by atoms with van der Waals surface area (Å²) in [5.74, 6) is 0.401. The summed E-state index contributed by atoms with van der Waals surface area (Å²) in [6, 6.07) is -0.143. The fourth-order valence-electron chi connectivity index (χ4n) is 2.96. The van der Waals surface area contributed by atoms with Crippen LogP contribution in [-0.4, -0.2) is 21.0 Å². The van der Waals surface area contributed by atoms with Gasteiger partial charge in [0.25, 0.3) is 0 Å². The molecule has 0 heterocycles. The zero-order valence-corrected chi connectivity index (χ0v) is 15.6. The standard InChI is InChI=1S/C16H26N2O2S.ClH/c1-9-10(2)12(4)16(13(5)11(9)3)21(19,20)18-15(8-17)14-6-7-14;/h14-15,18H,6-8,17H2,1-5H3;1H. The lowest BCUT2D eigenvalue weighted by Gasteiger charge is -2.22. The molecule has 1 aliphatic carbocycles. The molecule has 2 rings (SSSR count). The Morgan fingerprint density at radius 2 is 1.41 bits per heavy atom. The van der Waals surface area contributed by atoms with Crippen molar-refractivity contribution in [2.24, 2.45) is 11.7 Å². The van der Waals surface area contributed by atoms with Crippen molar-refractivity contribution in [2.45, 2.75) is 58.4 Å². The normalized spacial score (nSPS) is 16.3. The molecule has 6 heteroatoms. The van der Waals surface area contributed by atoms with Gasteiger partial charge < -0.3 is 5.73 Å². The summed E-state index contributed by atoms with van der Waals surface area (Å²) in [6.45, 7) is 10.1. The molecule has 1 aromatic carbocycles. The number of hydrogen-bond acceptors (Lipinski definition) is 3. The second-order valence-corrected chi connectivity index (χ2v) is 7.91. The molecule has 22 heavy (non-hydrogen) atoms. The van der Waals surface area contributed by atoms with Gasteiger partial charge in [-0.15, -0.1) is 12.4 Å². The van der Waals surface area contributed by atoms with Crippen LogP contribution in [0.4, 0.5) is 0 Å². The predicted octanol–water partition coefficient (Wildman–Crippen LogP) is 2.67.